The summed E-state index contributed by atoms with van der Waals surface area (Å²) in [5.74, 6) is 0.311. The lowest BCUT2D eigenvalue weighted by atomic mass is 10.1. The number of nitrogens with zero attached hydrogens (tertiary/aromatic N) is 1. The highest BCUT2D eigenvalue weighted by Crippen LogP contribution is 2.37. The van der Waals surface area contributed by atoms with E-state index in [-0.39, 0.29) is 11.6 Å². The number of furan rings is 1. The predicted molar refractivity (Wildman–Crippen MR) is 101 cm³/mol. The van der Waals surface area contributed by atoms with E-state index >= 15 is 0 Å². The number of pyridine rings is 1. The Morgan fingerprint density at radius 3 is 2.85 bits per heavy atom. The average molecular weight is 469 g/mol. The monoisotopic (exact) mass is 467 g/mol. The standard InChI is InChI=1S/C16H14BrClF3N3OS/c17-13-11(4-8(22)6-16(19,20)21)25-15-10(5-12(18)24-14(13)15)23-7-9-2-1-3-26-9/h1-3,5,8H,4,6-7,22H2,(H,23,24)/t8-/m1/s1. The van der Waals surface area contributed by atoms with Crippen LogP contribution in [0.15, 0.2) is 32.5 Å². The largest absolute Gasteiger partial charge is 0.456 e. The number of anilines is 1. The molecule has 0 amide bonds. The summed E-state index contributed by atoms with van der Waals surface area (Å²) in [5.41, 5.74) is 7.10. The Balaban J connectivity index is 1.87. The molecule has 4 nitrogen and oxygen atoms in total. The second kappa shape index (κ2) is 7.75. The van der Waals surface area contributed by atoms with Gasteiger partial charge in [-0.25, -0.2) is 4.98 Å². The summed E-state index contributed by atoms with van der Waals surface area (Å²) in [7, 11) is 0. The van der Waals surface area contributed by atoms with Gasteiger partial charge in [0.15, 0.2) is 5.58 Å². The third kappa shape index (κ3) is 4.70. The smallest absolute Gasteiger partial charge is 0.390 e. The molecule has 140 valence electrons. The van der Waals surface area contributed by atoms with E-state index in [1.165, 1.54) is 0 Å². The van der Waals surface area contributed by atoms with Crippen LogP contribution >= 0.6 is 38.9 Å². The predicted octanol–water partition coefficient (Wildman–Crippen LogP) is 5.74. The first-order chi connectivity index (χ1) is 12.2. The summed E-state index contributed by atoms with van der Waals surface area (Å²) in [5, 5.41) is 5.44. The molecule has 1 atom stereocenters. The maximum Gasteiger partial charge on any atom is 0.390 e. The van der Waals surface area contributed by atoms with Crippen LogP contribution in [-0.4, -0.2) is 17.2 Å². The van der Waals surface area contributed by atoms with Crippen molar-refractivity contribution in [2.45, 2.75) is 31.6 Å². The van der Waals surface area contributed by atoms with Gasteiger partial charge in [0.1, 0.15) is 16.4 Å². The maximum absolute atomic E-state index is 12.5. The van der Waals surface area contributed by atoms with Gasteiger partial charge < -0.3 is 15.5 Å². The molecule has 0 spiro atoms. The number of nitrogens with two attached hydrogens (primary N) is 1. The Bertz CT molecular complexity index is 898. The summed E-state index contributed by atoms with van der Waals surface area (Å²) in [6, 6.07) is 4.44. The molecule has 3 aromatic rings. The van der Waals surface area contributed by atoms with Crippen LogP contribution in [0.2, 0.25) is 5.15 Å². The Labute approximate surface area is 164 Å². The zero-order chi connectivity index (χ0) is 18.9. The molecule has 0 aliphatic heterocycles. The van der Waals surface area contributed by atoms with E-state index in [4.69, 9.17) is 21.8 Å². The van der Waals surface area contributed by atoms with Crippen molar-refractivity contribution in [1.82, 2.24) is 4.98 Å². The van der Waals surface area contributed by atoms with Crippen LogP contribution in [0.25, 0.3) is 11.1 Å². The van der Waals surface area contributed by atoms with Crippen molar-refractivity contribution in [2.24, 2.45) is 5.73 Å². The molecule has 0 aliphatic carbocycles. The minimum atomic E-state index is -4.33. The molecule has 0 aromatic carbocycles. The molecule has 0 unspecified atom stereocenters. The molecule has 0 saturated carbocycles. The van der Waals surface area contributed by atoms with Gasteiger partial charge in [0.2, 0.25) is 0 Å². The lowest BCUT2D eigenvalue weighted by Gasteiger charge is -2.12. The minimum absolute atomic E-state index is 0.0710. The Hall–Kier alpha value is -1.29. The van der Waals surface area contributed by atoms with E-state index in [1.807, 2.05) is 17.5 Å². The Morgan fingerprint density at radius 2 is 2.19 bits per heavy atom. The van der Waals surface area contributed by atoms with Crippen LogP contribution in [0, 0.1) is 0 Å². The van der Waals surface area contributed by atoms with Crippen molar-refractivity contribution >= 4 is 55.7 Å². The molecule has 0 fully saturated rings. The molecule has 26 heavy (non-hydrogen) atoms. The third-order valence-electron chi connectivity index (χ3n) is 3.59. The lowest BCUT2D eigenvalue weighted by Crippen LogP contribution is -2.29. The Kier molecular flexibility index (Phi) is 5.81. The number of thiophene rings is 1. The molecular weight excluding hydrogens is 455 g/mol. The molecule has 0 bridgehead atoms. The molecule has 0 radical (unpaired) electrons. The van der Waals surface area contributed by atoms with Gasteiger partial charge in [0, 0.05) is 30.0 Å². The zero-order valence-corrected chi connectivity index (χ0v) is 16.4. The van der Waals surface area contributed by atoms with Gasteiger partial charge in [0.05, 0.1) is 16.6 Å². The number of hydrogen-bond donors (Lipinski definition) is 2. The van der Waals surface area contributed by atoms with E-state index in [0.717, 1.165) is 4.88 Å². The van der Waals surface area contributed by atoms with Crippen LogP contribution in [-0.2, 0) is 13.0 Å². The second-order valence-corrected chi connectivity index (χ2v) is 7.94. The summed E-state index contributed by atoms with van der Waals surface area (Å²) in [6.07, 6.45) is -5.49. The van der Waals surface area contributed by atoms with Crippen molar-refractivity contribution in [2.75, 3.05) is 5.32 Å². The van der Waals surface area contributed by atoms with Gasteiger partial charge in [-0.1, -0.05) is 17.7 Å². The van der Waals surface area contributed by atoms with Gasteiger partial charge in [-0.05, 0) is 27.4 Å². The normalized spacial score (nSPS) is 13.3. The fourth-order valence-corrected chi connectivity index (χ4v) is 3.87. The molecule has 0 saturated heterocycles. The first-order valence-corrected chi connectivity index (χ1v) is 9.64. The van der Waals surface area contributed by atoms with Gasteiger partial charge >= 0.3 is 6.18 Å². The number of nitrogens with one attached hydrogen (secondary N) is 1. The lowest BCUT2D eigenvalue weighted by molar-refractivity contribution is -0.138. The zero-order valence-electron chi connectivity index (χ0n) is 13.2. The van der Waals surface area contributed by atoms with E-state index in [9.17, 15) is 13.2 Å². The van der Waals surface area contributed by atoms with Crippen molar-refractivity contribution in [3.05, 3.63) is 43.8 Å². The topological polar surface area (TPSA) is 64.1 Å². The van der Waals surface area contributed by atoms with Crippen molar-refractivity contribution < 1.29 is 17.6 Å². The summed E-state index contributed by atoms with van der Waals surface area (Å²) >= 11 is 11.0. The van der Waals surface area contributed by atoms with E-state index < -0.39 is 18.6 Å². The minimum Gasteiger partial charge on any atom is -0.456 e. The first-order valence-electron chi connectivity index (χ1n) is 7.59. The number of aromatic nitrogens is 1. The number of hydrogen-bond acceptors (Lipinski definition) is 5. The number of fused-ring (bicyclic) bond motifs is 1. The summed E-state index contributed by atoms with van der Waals surface area (Å²) in [4.78, 5) is 5.32. The van der Waals surface area contributed by atoms with E-state index in [0.29, 0.717) is 33.6 Å². The molecule has 3 heterocycles. The Morgan fingerprint density at radius 1 is 1.42 bits per heavy atom. The fourth-order valence-electron chi connectivity index (χ4n) is 2.52. The molecule has 0 aliphatic rings. The van der Waals surface area contributed by atoms with Crippen LogP contribution in [0.4, 0.5) is 18.9 Å². The van der Waals surface area contributed by atoms with Crippen LogP contribution in [0.5, 0.6) is 0 Å². The van der Waals surface area contributed by atoms with E-state index in [1.54, 1.807) is 17.4 Å². The van der Waals surface area contributed by atoms with Crippen LogP contribution in [0.3, 0.4) is 0 Å². The number of alkyl halides is 3. The molecule has 3 aromatic heterocycles. The number of rotatable bonds is 6. The highest BCUT2D eigenvalue weighted by molar-refractivity contribution is 9.10. The third-order valence-corrected chi connectivity index (χ3v) is 5.48. The van der Waals surface area contributed by atoms with Crippen molar-refractivity contribution in [3.63, 3.8) is 0 Å². The van der Waals surface area contributed by atoms with Crippen LogP contribution < -0.4 is 11.1 Å². The summed E-state index contributed by atoms with van der Waals surface area (Å²) in [6.45, 7) is 0.564. The van der Waals surface area contributed by atoms with Gasteiger partial charge in [-0.2, -0.15) is 13.2 Å². The SMILES string of the molecule is N[C@H](Cc1oc2c(NCc3cccs3)cc(Cl)nc2c1Br)CC(F)(F)F. The van der Waals surface area contributed by atoms with E-state index in [2.05, 4.69) is 26.2 Å². The first kappa shape index (κ1) is 19.5. The fraction of sp³-hybridized carbons (Fsp3) is 0.312. The number of halogens is 5. The highest BCUT2D eigenvalue weighted by atomic mass is 79.9. The highest BCUT2D eigenvalue weighted by Gasteiger charge is 2.31. The van der Waals surface area contributed by atoms with Gasteiger partial charge in [0.25, 0.3) is 0 Å². The second-order valence-electron chi connectivity index (χ2n) is 5.73. The van der Waals surface area contributed by atoms with Crippen LogP contribution in [0.1, 0.15) is 17.1 Å². The molecule has 3 rings (SSSR count). The molecular formula is C16H14BrClF3N3OS. The quantitative estimate of drug-likeness (QED) is 0.453. The van der Waals surface area contributed by atoms with Gasteiger partial charge in [-0.3, -0.25) is 0 Å². The summed E-state index contributed by atoms with van der Waals surface area (Å²) < 4.78 is 43.7. The van der Waals surface area contributed by atoms with Crippen molar-refractivity contribution in [3.8, 4) is 0 Å². The average Bonchev–Trinajstić information content (AvgIpc) is 3.13. The molecule has 3 N–H and O–H groups in total. The molecule has 10 heteroatoms. The van der Waals surface area contributed by atoms with Crippen molar-refractivity contribution in [1.29, 1.82) is 0 Å². The van der Waals surface area contributed by atoms with Gasteiger partial charge in [-0.15, -0.1) is 11.3 Å². The maximum atomic E-state index is 12.5.